The molecule has 0 spiro atoms. The highest BCUT2D eigenvalue weighted by Crippen LogP contribution is 2.14. The molecule has 3 nitrogen and oxygen atoms in total. The molecule has 104 valence electrons. The molecule has 0 radical (unpaired) electrons. The van der Waals surface area contributed by atoms with Gasteiger partial charge in [-0.05, 0) is 12.1 Å². The van der Waals surface area contributed by atoms with Crippen LogP contribution in [0.15, 0.2) is 18.2 Å². The first-order valence-electron chi connectivity index (χ1n) is 5.79. The Kier molecular flexibility index (Phi) is 5.35. The van der Waals surface area contributed by atoms with Gasteiger partial charge in [0.1, 0.15) is 11.6 Å². The van der Waals surface area contributed by atoms with Crippen molar-refractivity contribution in [3.8, 4) is 0 Å². The molecule has 0 aliphatic carbocycles. The summed E-state index contributed by atoms with van der Waals surface area (Å²) in [6.07, 6.45) is -0.320. The molecule has 0 bridgehead atoms. The van der Waals surface area contributed by atoms with E-state index in [0.717, 1.165) is 12.1 Å². The Morgan fingerprint density at radius 1 is 1.42 bits per heavy atom. The van der Waals surface area contributed by atoms with Crippen molar-refractivity contribution in [1.29, 1.82) is 0 Å². The van der Waals surface area contributed by atoms with Gasteiger partial charge in [-0.3, -0.25) is 4.79 Å². The summed E-state index contributed by atoms with van der Waals surface area (Å²) < 4.78 is 26.8. The second-order valence-electron chi connectivity index (χ2n) is 4.45. The van der Waals surface area contributed by atoms with Crippen LogP contribution in [0.2, 0.25) is 0 Å². The predicted molar refractivity (Wildman–Crippen MR) is 73.6 cm³/mol. The van der Waals surface area contributed by atoms with Gasteiger partial charge in [-0.1, -0.05) is 25.2 Å². The number of carbonyl (C=O) groups is 1. The van der Waals surface area contributed by atoms with Crippen molar-refractivity contribution in [3.63, 3.8) is 0 Å². The van der Waals surface area contributed by atoms with Gasteiger partial charge >= 0.3 is 0 Å². The molecule has 1 aromatic rings. The van der Waals surface area contributed by atoms with Crippen LogP contribution >= 0.6 is 12.2 Å². The number of hydrogen-bond donors (Lipinski definition) is 1. The van der Waals surface area contributed by atoms with Crippen LogP contribution in [-0.4, -0.2) is 29.4 Å². The zero-order chi connectivity index (χ0) is 14.6. The number of halogens is 2. The molecule has 0 aliphatic heterocycles. The Hall–Kier alpha value is -1.56. The van der Waals surface area contributed by atoms with E-state index in [4.69, 9.17) is 18.0 Å². The molecule has 0 fully saturated rings. The van der Waals surface area contributed by atoms with Crippen molar-refractivity contribution in [2.75, 3.05) is 13.6 Å². The average Bonchev–Trinajstić information content (AvgIpc) is 2.33. The summed E-state index contributed by atoms with van der Waals surface area (Å²) in [6.45, 7) is 2.11. The van der Waals surface area contributed by atoms with Gasteiger partial charge < -0.3 is 10.6 Å². The van der Waals surface area contributed by atoms with Crippen molar-refractivity contribution in [1.82, 2.24) is 4.90 Å². The third-order valence-corrected chi connectivity index (χ3v) is 3.25. The third-order valence-electron chi connectivity index (χ3n) is 2.85. The molecular formula is C13H16F2N2OS. The molecule has 6 heteroatoms. The maximum Gasteiger partial charge on any atom is 0.226 e. The van der Waals surface area contributed by atoms with E-state index in [9.17, 15) is 13.6 Å². The summed E-state index contributed by atoms with van der Waals surface area (Å²) in [6, 6.07) is 3.52. The minimum atomic E-state index is -0.718. The van der Waals surface area contributed by atoms with Gasteiger partial charge in [0.2, 0.25) is 5.91 Å². The largest absolute Gasteiger partial charge is 0.393 e. The van der Waals surface area contributed by atoms with Crippen LogP contribution < -0.4 is 5.73 Å². The summed E-state index contributed by atoms with van der Waals surface area (Å²) in [5.41, 5.74) is 5.24. The molecule has 0 aliphatic rings. The molecule has 1 amide bonds. The van der Waals surface area contributed by atoms with Gasteiger partial charge in [0.15, 0.2) is 0 Å². The van der Waals surface area contributed by atoms with Gasteiger partial charge in [0.25, 0.3) is 0 Å². The molecule has 0 heterocycles. The zero-order valence-corrected chi connectivity index (χ0v) is 11.6. The number of hydrogen-bond acceptors (Lipinski definition) is 2. The van der Waals surface area contributed by atoms with Gasteiger partial charge in [-0.15, -0.1) is 0 Å². The number of amides is 1. The van der Waals surface area contributed by atoms with Gasteiger partial charge in [0, 0.05) is 25.1 Å². The standard InChI is InChI=1S/C13H16F2N2OS/c1-8(13(16)19)7-17(2)12(18)6-9-10(14)4-3-5-11(9)15/h3-5,8H,6-7H2,1-2H3,(H2,16,19). The van der Waals surface area contributed by atoms with E-state index in [1.54, 1.807) is 14.0 Å². The van der Waals surface area contributed by atoms with Crippen LogP contribution in [0.1, 0.15) is 12.5 Å². The highest BCUT2D eigenvalue weighted by atomic mass is 32.1. The van der Waals surface area contributed by atoms with E-state index in [2.05, 4.69) is 0 Å². The van der Waals surface area contributed by atoms with Crippen LogP contribution in [-0.2, 0) is 11.2 Å². The number of carbonyl (C=O) groups excluding carboxylic acids is 1. The molecule has 19 heavy (non-hydrogen) atoms. The van der Waals surface area contributed by atoms with Crippen molar-refractivity contribution in [2.45, 2.75) is 13.3 Å². The fourth-order valence-electron chi connectivity index (χ4n) is 1.59. The van der Waals surface area contributed by atoms with Crippen LogP contribution in [0.3, 0.4) is 0 Å². The van der Waals surface area contributed by atoms with Gasteiger partial charge in [0.05, 0.1) is 11.4 Å². The molecular weight excluding hydrogens is 270 g/mol. The molecule has 2 N–H and O–H groups in total. The second kappa shape index (κ2) is 6.56. The summed E-state index contributed by atoms with van der Waals surface area (Å²) in [4.78, 5) is 13.6. The fraction of sp³-hybridized carbons (Fsp3) is 0.385. The van der Waals surface area contributed by atoms with E-state index in [1.807, 2.05) is 0 Å². The van der Waals surface area contributed by atoms with Crippen LogP contribution in [0, 0.1) is 17.6 Å². The number of nitrogens with zero attached hydrogens (tertiary/aromatic N) is 1. The third kappa shape index (κ3) is 4.24. The highest BCUT2D eigenvalue weighted by Gasteiger charge is 2.18. The summed E-state index contributed by atoms with van der Waals surface area (Å²) in [7, 11) is 1.55. The number of thiocarbonyl (C=S) groups is 1. The Bertz CT molecular complexity index is 473. The molecule has 0 saturated heterocycles. The number of rotatable bonds is 5. The lowest BCUT2D eigenvalue weighted by Crippen LogP contribution is -2.36. The van der Waals surface area contributed by atoms with E-state index >= 15 is 0 Å². The summed E-state index contributed by atoms with van der Waals surface area (Å²) in [5, 5.41) is 0. The minimum Gasteiger partial charge on any atom is -0.393 e. The molecule has 1 atom stereocenters. The number of likely N-dealkylation sites (N-methyl/N-ethyl adjacent to an activating group) is 1. The van der Waals surface area contributed by atoms with Crippen LogP contribution in [0.5, 0.6) is 0 Å². The van der Waals surface area contributed by atoms with Gasteiger partial charge in [-0.2, -0.15) is 0 Å². The van der Waals surface area contributed by atoms with Crippen LogP contribution in [0.25, 0.3) is 0 Å². The minimum absolute atomic E-state index is 0.144. The topological polar surface area (TPSA) is 46.3 Å². The van der Waals surface area contributed by atoms with E-state index in [0.29, 0.717) is 11.5 Å². The van der Waals surface area contributed by atoms with E-state index in [-0.39, 0.29) is 23.8 Å². The highest BCUT2D eigenvalue weighted by molar-refractivity contribution is 7.80. The van der Waals surface area contributed by atoms with Crippen molar-refractivity contribution < 1.29 is 13.6 Å². The van der Waals surface area contributed by atoms with E-state index in [1.165, 1.54) is 11.0 Å². The maximum atomic E-state index is 13.4. The maximum absolute atomic E-state index is 13.4. The molecule has 1 rings (SSSR count). The molecule has 1 aromatic carbocycles. The lowest BCUT2D eigenvalue weighted by Gasteiger charge is -2.21. The molecule has 0 saturated carbocycles. The molecule has 1 unspecified atom stereocenters. The Morgan fingerprint density at radius 2 is 1.95 bits per heavy atom. The fourth-order valence-corrected chi connectivity index (χ4v) is 1.66. The van der Waals surface area contributed by atoms with Gasteiger partial charge in [-0.25, -0.2) is 8.78 Å². The Morgan fingerprint density at radius 3 is 2.42 bits per heavy atom. The van der Waals surface area contributed by atoms with Crippen molar-refractivity contribution in [3.05, 3.63) is 35.4 Å². The second-order valence-corrected chi connectivity index (χ2v) is 4.93. The first kappa shape index (κ1) is 15.5. The predicted octanol–water partition coefficient (Wildman–Crippen LogP) is 1.89. The van der Waals surface area contributed by atoms with Crippen LogP contribution in [0.4, 0.5) is 8.78 Å². The Balaban J connectivity index is 2.72. The normalized spacial score (nSPS) is 12.0. The average molecular weight is 286 g/mol. The smallest absolute Gasteiger partial charge is 0.226 e. The lowest BCUT2D eigenvalue weighted by molar-refractivity contribution is -0.129. The first-order chi connectivity index (χ1) is 8.82. The summed E-state index contributed by atoms with van der Waals surface area (Å²) in [5.74, 6) is -1.96. The monoisotopic (exact) mass is 286 g/mol. The van der Waals surface area contributed by atoms with Crippen molar-refractivity contribution in [2.24, 2.45) is 11.7 Å². The molecule has 0 aromatic heterocycles. The van der Waals surface area contributed by atoms with Crippen molar-refractivity contribution >= 4 is 23.1 Å². The Labute approximate surface area is 116 Å². The first-order valence-corrected chi connectivity index (χ1v) is 6.20. The number of benzene rings is 1. The quantitative estimate of drug-likeness (QED) is 0.841. The zero-order valence-electron chi connectivity index (χ0n) is 10.8. The van der Waals surface area contributed by atoms with E-state index < -0.39 is 11.6 Å². The number of nitrogens with two attached hydrogens (primary N) is 1. The SMILES string of the molecule is CC(CN(C)C(=O)Cc1c(F)cccc1F)C(N)=S. The lowest BCUT2D eigenvalue weighted by atomic mass is 10.1. The summed E-state index contributed by atoms with van der Waals surface area (Å²) >= 11 is 4.81.